The van der Waals surface area contributed by atoms with E-state index in [0.29, 0.717) is 6.42 Å². The summed E-state index contributed by atoms with van der Waals surface area (Å²) in [4.78, 5) is 26.8. The predicted molar refractivity (Wildman–Crippen MR) is 108 cm³/mol. The molecule has 2 amide bonds. The largest absolute Gasteiger partial charge is 0.439 e. The number of hydrogen-bond acceptors (Lipinski definition) is 5. The monoisotopic (exact) mass is 389 g/mol. The average molecular weight is 390 g/mol. The van der Waals surface area contributed by atoms with E-state index in [-0.39, 0.29) is 17.9 Å². The molecule has 2 saturated heterocycles. The number of hydrogen-bond donors (Lipinski definition) is 0. The van der Waals surface area contributed by atoms with Crippen LogP contribution >= 0.6 is 23.5 Å². The third kappa shape index (κ3) is 4.18. The molecular weight excluding hydrogens is 366 g/mol. The molecule has 0 aromatic heterocycles. The van der Waals surface area contributed by atoms with Gasteiger partial charge in [0.05, 0.1) is 12.0 Å². The zero-order chi connectivity index (χ0) is 18.5. The average Bonchev–Trinajstić information content (AvgIpc) is 2.96. The van der Waals surface area contributed by atoms with Crippen LogP contribution in [-0.2, 0) is 9.53 Å². The molecule has 138 valence electrons. The van der Waals surface area contributed by atoms with E-state index < -0.39 is 12.2 Å². The molecule has 0 aliphatic carbocycles. The molecule has 3 rings (SSSR count). The molecule has 3 atom stereocenters. The summed E-state index contributed by atoms with van der Waals surface area (Å²) in [6, 6.07) is 9.22. The van der Waals surface area contributed by atoms with Crippen molar-refractivity contribution in [3.8, 4) is 0 Å². The lowest BCUT2D eigenvalue weighted by Gasteiger charge is -2.23. The van der Waals surface area contributed by atoms with E-state index in [1.165, 1.54) is 11.3 Å². The molecule has 26 heavy (non-hydrogen) atoms. The molecule has 2 aliphatic rings. The summed E-state index contributed by atoms with van der Waals surface area (Å²) >= 11 is 3.56. The van der Waals surface area contributed by atoms with Gasteiger partial charge in [0.1, 0.15) is 6.10 Å². The molecule has 0 N–H and O–H groups in total. The molecule has 4 nitrogen and oxygen atoms in total. The van der Waals surface area contributed by atoms with Crippen molar-refractivity contribution in [2.45, 2.75) is 31.9 Å². The molecule has 6 heteroatoms. The van der Waals surface area contributed by atoms with Gasteiger partial charge in [0, 0.05) is 4.24 Å². The normalized spacial score (nSPS) is 24.1. The first-order valence-corrected chi connectivity index (χ1v) is 10.8. The van der Waals surface area contributed by atoms with E-state index in [9.17, 15) is 9.59 Å². The van der Waals surface area contributed by atoms with Crippen molar-refractivity contribution in [2.24, 2.45) is 5.92 Å². The van der Waals surface area contributed by atoms with Crippen LogP contribution in [0.15, 0.2) is 53.3 Å². The van der Waals surface area contributed by atoms with Crippen LogP contribution in [0.2, 0.25) is 0 Å². The van der Waals surface area contributed by atoms with Crippen LogP contribution in [0.3, 0.4) is 0 Å². The minimum atomic E-state index is -0.562. The summed E-state index contributed by atoms with van der Waals surface area (Å²) < 4.78 is 6.68. The minimum Gasteiger partial charge on any atom is -0.439 e. The second-order valence-electron chi connectivity index (χ2n) is 6.33. The molecule has 0 spiro atoms. The number of carbonyl (C=O) groups is 2. The Hall–Kier alpha value is -1.66. The van der Waals surface area contributed by atoms with Gasteiger partial charge in [0.15, 0.2) is 0 Å². The van der Waals surface area contributed by atoms with Crippen LogP contribution in [0, 0.1) is 5.92 Å². The number of amides is 2. The number of nitrogens with zero attached hydrogens (tertiary/aromatic N) is 1. The van der Waals surface area contributed by atoms with E-state index >= 15 is 0 Å². The van der Waals surface area contributed by atoms with Gasteiger partial charge in [-0.1, -0.05) is 42.5 Å². The molecule has 1 aromatic carbocycles. The molecular formula is C20H23NO3S2. The second kappa shape index (κ2) is 8.82. The molecule has 2 fully saturated rings. The Balaban J connectivity index is 1.79. The Kier molecular flexibility index (Phi) is 6.48. The lowest BCUT2D eigenvalue weighted by molar-refractivity contribution is -0.131. The molecule has 0 unspecified atom stereocenters. The zero-order valence-corrected chi connectivity index (χ0v) is 16.4. The highest BCUT2D eigenvalue weighted by atomic mass is 32.2. The number of ether oxygens (including phenoxy) is 1. The Labute approximate surface area is 163 Å². The molecule has 0 radical (unpaired) electrons. The first-order chi connectivity index (χ1) is 12.6. The molecule has 1 aromatic rings. The quantitative estimate of drug-likeness (QED) is 0.663. The van der Waals surface area contributed by atoms with E-state index in [2.05, 4.69) is 6.58 Å². The third-order valence-electron chi connectivity index (χ3n) is 4.49. The number of benzene rings is 1. The number of imide groups is 1. The van der Waals surface area contributed by atoms with E-state index in [1.807, 2.05) is 43.3 Å². The number of thioether (sulfide) groups is 2. The summed E-state index contributed by atoms with van der Waals surface area (Å²) in [7, 11) is 0. The van der Waals surface area contributed by atoms with Gasteiger partial charge >= 0.3 is 6.09 Å². The lowest BCUT2D eigenvalue weighted by atomic mass is 10.00. The van der Waals surface area contributed by atoms with Crippen molar-refractivity contribution >= 4 is 35.5 Å². The Bertz CT molecular complexity index is 696. The number of rotatable bonds is 5. The fraction of sp³-hybridized carbons (Fsp3) is 0.400. The van der Waals surface area contributed by atoms with Gasteiger partial charge in [-0.05, 0) is 36.8 Å². The van der Waals surface area contributed by atoms with Gasteiger partial charge in [-0.3, -0.25) is 4.79 Å². The maximum Gasteiger partial charge on any atom is 0.417 e. The van der Waals surface area contributed by atoms with Gasteiger partial charge < -0.3 is 4.74 Å². The fourth-order valence-electron chi connectivity index (χ4n) is 3.15. The van der Waals surface area contributed by atoms with Crippen molar-refractivity contribution in [2.75, 3.05) is 11.5 Å². The van der Waals surface area contributed by atoms with Gasteiger partial charge in [-0.2, -0.15) is 0 Å². The third-order valence-corrected chi connectivity index (χ3v) is 7.02. The SMILES string of the molecule is C=CC[C@@H](C=C1SCCCS1)C(=O)N1C(=O)O[C@@H](c2ccccc2)[C@H]1C. The predicted octanol–water partition coefficient (Wildman–Crippen LogP) is 5.00. The van der Waals surface area contributed by atoms with Crippen LogP contribution in [-0.4, -0.2) is 34.4 Å². The van der Waals surface area contributed by atoms with Gasteiger partial charge in [-0.25, -0.2) is 9.69 Å². The van der Waals surface area contributed by atoms with Gasteiger partial charge in [0.25, 0.3) is 0 Å². The summed E-state index contributed by atoms with van der Waals surface area (Å²) in [6.07, 6.45) is 4.43. The fourth-order valence-corrected chi connectivity index (χ4v) is 5.67. The van der Waals surface area contributed by atoms with Crippen molar-refractivity contribution in [3.05, 3.63) is 58.9 Å². The van der Waals surface area contributed by atoms with Crippen LogP contribution < -0.4 is 0 Å². The maximum atomic E-state index is 13.1. The van der Waals surface area contributed by atoms with Gasteiger partial charge in [-0.15, -0.1) is 30.1 Å². The van der Waals surface area contributed by atoms with Crippen molar-refractivity contribution in [1.29, 1.82) is 0 Å². The molecule has 0 saturated carbocycles. The number of allylic oxidation sites excluding steroid dienone is 1. The van der Waals surface area contributed by atoms with Crippen LogP contribution in [0.25, 0.3) is 0 Å². The van der Waals surface area contributed by atoms with Gasteiger partial charge in [0.2, 0.25) is 5.91 Å². The van der Waals surface area contributed by atoms with Crippen molar-refractivity contribution in [1.82, 2.24) is 4.90 Å². The molecule has 2 heterocycles. The number of carbonyl (C=O) groups excluding carboxylic acids is 2. The van der Waals surface area contributed by atoms with Crippen LogP contribution in [0.1, 0.15) is 31.4 Å². The Morgan fingerprint density at radius 1 is 1.35 bits per heavy atom. The summed E-state index contributed by atoms with van der Waals surface area (Å²) in [5, 5.41) is 0. The zero-order valence-electron chi connectivity index (χ0n) is 14.8. The van der Waals surface area contributed by atoms with Crippen LogP contribution in [0.5, 0.6) is 0 Å². The Morgan fingerprint density at radius 3 is 2.69 bits per heavy atom. The summed E-state index contributed by atoms with van der Waals surface area (Å²) in [5.41, 5.74) is 0.903. The lowest BCUT2D eigenvalue weighted by Crippen LogP contribution is -2.41. The molecule has 2 aliphatic heterocycles. The number of cyclic esters (lactones) is 1. The summed E-state index contributed by atoms with van der Waals surface area (Å²) in [5.74, 6) is 1.56. The first kappa shape index (κ1) is 19.1. The summed E-state index contributed by atoms with van der Waals surface area (Å²) in [6.45, 7) is 5.64. The van der Waals surface area contributed by atoms with E-state index in [1.54, 1.807) is 29.6 Å². The maximum absolute atomic E-state index is 13.1. The smallest absolute Gasteiger partial charge is 0.417 e. The Morgan fingerprint density at radius 2 is 2.04 bits per heavy atom. The standard InChI is InChI=1S/C20H23NO3S2/c1-3-8-16(13-17-25-11-7-12-26-17)19(22)21-14(2)18(24-20(21)23)15-9-5-4-6-10-15/h3-6,9-10,13-14,16,18H,1,7-8,11-12H2,2H3/t14-,16+,18-/m1/s1. The minimum absolute atomic E-state index is 0.208. The first-order valence-electron chi connectivity index (χ1n) is 8.78. The van der Waals surface area contributed by atoms with Crippen molar-refractivity contribution < 1.29 is 14.3 Å². The second-order valence-corrected chi connectivity index (χ2v) is 8.86. The highest BCUT2D eigenvalue weighted by Gasteiger charge is 2.44. The van der Waals surface area contributed by atoms with Crippen LogP contribution in [0.4, 0.5) is 4.79 Å². The highest BCUT2D eigenvalue weighted by molar-refractivity contribution is 8.22. The van der Waals surface area contributed by atoms with E-state index in [0.717, 1.165) is 21.3 Å². The molecule has 0 bridgehead atoms. The topological polar surface area (TPSA) is 46.6 Å². The van der Waals surface area contributed by atoms with E-state index in [4.69, 9.17) is 4.74 Å². The highest BCUT2D eigenvalue weighted by Crippen LogP contribution is 2.38. The van der Waals surface area contributed by atoms with Crippen molar-refractivity contribution in [3.63, 3.8) is 0 Å².